The van der Waals surface area contributed by atoms with Gasteiger partial charge in [0, 0.05) is 31.8 Å². The lowest BCUT2D eigenvalue weighted by Gasteiger charge is -2.22. The van der Waals surface area contributed by atoms with Gasteiger partial charge < -0.3 is 14.6 Å². The van der Waals surface area contributed by atoms with Crippen molar-refractivity contribution in [2.24, 2.45) is 0 Å². The monoisotopic (exact) mass is 256 g/mol. The molecule has 0 bridgehead atoms. The summed E-state index contributed by atoms with van der Waals surface area (Å²) in [7, 11) is 1.67. The summed E-state index contributed by atoms with van der Waals surface area (Å²) >= 11 is 4.06. The summed E-state index contributed by atoms with van der Waals surface area (Å²) in [6, 6.07) is 1.20. The minimum absolute atomic E-state index is 0.170. The summed E-state index contributed by atoms with van der Waals surface area (Å²) in [5.74, 6) is -0.140. The van der Waals surface area contributed by atoms with Gasteiger partial charge in [-0.2, -0.15) is 12.6 Å². The zero-order chi connectivity index (χ0) is 12.8. The van der Waals surface area contributed by atoms with E-state index in [1.165, 1.54) is 11.8 Å². The Labute approximate surface area is 106 Å². The number of likely N-dealkylation sites (N-methyl/N-ethyl adjacent to an activating group) is 1. The Bertz CT molecular complexity index is 378. The Morgan fingerprint density at radius 1 is 1.59 bits per heavy atom. The number of nitrogens with one attached hydrogen (secondary N) is 1. The molecule has 0 aliphatic heterocycles. The Morgan fingerprint density at radius 2 is 2.29 bits per heavy atom. The van der Waals surface area contributed by atoms with Crippen LogP contribution in [0, 0.1) is 0 Å². The number of carbonyl (C=O) groups is 2. The Balaban J connectivity index is 2.57. The standard InChI is InChI=1S/C11H16N2O3S/c1-8(14)12-10(7-17)11(15)13(2)5-9-3-4-16-6-9/h3-4,6,10,17H,5,7H2,1-2H3,(H,12,14). The lowest BCUT2D eigenvalue weighted by Crippen LogP contribution is -2.47. The number of furan rings is 1. The third-order valence-corrected chi connectivity index (χ3v) is 2.60. The maximum atomic E-state index is 12.0. The molecule has 0 radical (unpaired) electrons. The lowest BCUT2D eigenvalue weighted by molar-refractivity contribution is -0.134. The number of nitrogens with zero attached hydrogens (tertiary/aromatic N) is 1. The fraction of sp³-hybridized carbons (Fsp3) is 0.455. The second-order valence-electron chi connectivity index (χ2n) is 3.76. The van der Waals surface area contributed by atoms with E-state index in [0.29, 0.717) is 6.54 Å². The van der Waals surface area contributed by atoms with Crippen LogP contribution >= 0.6 is 12.6 Å². The average Bonchev–Trinajstić information content (AvgIpc) is 2.77. The topological polar surface area (TPSA) is 62.6 Å². The number of hydrogen-bond donors (Lipinski definition) is 2. The second kappa shape index (κ2) is 6.34. The van der Waals surface area contributed by atoms with E-state index in [4.69, 9.17) is 4.42 Å². The third-order valence-electron chi connectivity index (χ3n) is 2.23. The van der Waals surface area contributed by atoms with E-state index in [9.17, 15) is 9.59 Å². The van der Waals surface area contributed by atoms with Gasteiger partial charge in [-0.1, -0.05) is 0 Å². The minimum atomic E-state index is -0.590. The van der Waals surface area contributed by atoms with Crippen LogP contribution in [0.4, 0.5) is 0 Å². The van der Waals surface area contributed by atoms with Gasteiger partial charge in [0.1, 0.15) is 6.04 Å². The van der Waals surface area contributed by atoms with E-state index < -0.39 is 6.04 Å². The predicted molar refractivity (Wildman–Crippen MR) is 66.6 cm³/mol. The molecule has 1 heterocycles. The zero-order valence-corrected chi connectivity index (χ0v) is 10.7. The first-order valence-electron chi connectivity index (χ1n) is 5.18. The average molecular weight is 256 g/mol. The number of thiol groups is 1. The molecule has 5 nitrogen and oxygen atoms in total. The molecular formula is C11H16N2O3S. The molecule has 0 spiro atoms. The number of carbonyl (C=O) groups excluding carboxylic acids is 2. The van der Waals surface area contributed by atoms with E-state index in [1.807, 2.05) is 0 Å². The summed E-state index contributed by atoms with van der Waals surface area (Å²) in [4.78, 5) is 24.4. The maximum Gasteiger partial charge on any atom is 0.246 e. The molecule has 0 aromatic carbocycles. The zero-order valence-electron chi connectivity index (χ0n) is 9.84. The van der Waals surface area contributed by atoms with Crippen LogP contribution in [0.25, 0.3) is 0 Å². The molecule has 17 heavy (non-hydrogen) atoms. The number of rotatable bonds is 5. The molecule has 6 heteroatoms. The van der Waals surface area contributed by atoms with Gasteiger partial charge in [-0.15, -0.1) is 0 Å². The highest BCUT2D eigenvalue weighted by molar-refractivity contribution is 7.80. The molecule has 1 rings (SSSR count). The summed E-state index contributed by atoms with van der Waals surface area (Å²) in [6.45, 7) is 1.82. The van der Waals surface area contributed by atoms with Gasteiger partial charge in [-0.05, 0) is 6.07 Å². The summed E-state index contributed by atoms with van der Waals surface area (Å²) in [6.07, 6.45) is 3.13. The molecule has 1 atom stereocenters. The third kappa shape index (κ3) is 4.14. The van der Waals surface area contributed by atoms with Gasteiger partial charge in [0.25, 0.3) is 0 Å². The Kier molecular flexibility index (Phi) is 5.09. The quantitative estimate of drug-likeness (QED) is 0.761. The molecule has 1 unspecified atom stereocenters. The van der Waals surface area contributed by atoms with Crippen LogP contribution in [-0.4, -0.2) is 35.6 Å². The van der Waals surface area contributed by atoms with Crippen molar-refractivity contribution in [2.75, 3.05) is 12.8 Å². The van der Waals surface area contributed by atoms with Gasteiger partial charge in [-0.3, -0.25) is 9.59 Å². The summed E-state index contributed by atoms with van der Waals surface area (Å²) in [5, 5.41) is 2.56. The van der Waals surface area contributed by atoms with E-state index in [0.717, 1.165) is 5.56 Å². The SMILES string of the molecule is CC(=O)NC(CS)C(=O)N(C)Cc1ccoc1. The van der Waals surface area contributed by atoms with Crippen molar-refractivity contribution in [1.82, 2.24) is 10.2 Å². The summed E-state index contributed by atoms with van der Waals surface area (Å²) in [5.41, 5.74) is 0.904. The second-order valence-corrected chi connectivity index (χ2v) is 4.13. The van der Waals surface area contributed by atoms with Crippen LogP contribution in [-0.2, 0) is 16.1 Å². The van der Waals surface area contributed by atoms with Crippen molar-refractivity contribution in [3.8, 4) is 0 Å². The maximum absolute atomic E-state index is 12.0. The van der Waals surface area contributed by atoms with Crippen LogP contribution in [0.3, 0.4) is 0 Å². The van der Waals surface area contributed by atoms with Gasteiger partial charge >= 0.3 is 0 Å². The minimum Gasteiger partial charge on any atom is -0.472 e. The molecule has 2 amide bonds. The van der Waals surface area contributed by atoms with Crippen molar-refractivity contribution in [1.29, 1.82) is 0 Å². The Hall–Kier alpha value is -1.43. The van der Waals surface area contributed by atoms with Crippen molar-refractivity contribution in [3.05, 3.63) is 24.2 Å². The molecule has 0 aliphatic rings. The van der Waals surface area contributed by atoms with Crippen LogP contribution in [0.15, 0.2) is 23.0 Å². The van der Waals surface area contributed by atoms with Crippen LogP contribution in [0.2, 0.25) is 0 Å². The first-order chi connectivity index (χ1) is 8.04. The van der Waals surface area contributed by atoms with Crippen molar-refractivity contribution in [3.63, 3.8) is 0 Å². The van der Waals surface area contributed by atoms with Gasteiger partial charge in [0.15, 0.2) is 0 Å². The van der Waals surface area contributed by atoms with Crippen molar-refractivity contribution < 1.29 is 14.0 Å². The fourth-order valence-electron chi connectivity index (χ4n) is 1.43. The molecule has 1 N–H and O–H groups in total. The molecule has 94 valence electrons. The highest BCUT2D eigenvalue weighted by Crippen LogP contribution is 2.05. The highest BCUT2D eigenvalue weighted by Gasteiger charge is 2.21. The van der Waals surface area contributed by atoms with E-state index >= 15 is 0 Å². The number of amides is 2. The van der Waals surface area contributed by atoms with Gasteiger partial charge in [0.05, 0.1) is 12.5 Å². The summed E-state index contributed by atoms with van der Waals surface area (Å²) < 4.78 is 4.92. The normalized spacial score (nSPS) is 11.9. The smallest absolute Gasteiger partial charge is 0.246 e. The Morgan fingerprint density at radius 3 is 2.76 bits per heavy atom. The highest BCUT2D eigenvalue weighted by atomic mass is 32.1. The first-order valence-corrected chi connectivity index (χ1v) is 5.82. The van der Waals surface area contributed by atoms with Crippen LogP contribution in [0.5, 0.6) is 0 Å². The lowest BCUT2D eigenvalue weighted by atomic mass is 10.2. The molecule has 1 aromatic heterocycles. The molecule has 0 saturated heterocycles. The molecular weight excluding hydrogens is 240 g/mol. The van der Waals surface area contributed by atoms with Gasteiger partial charge in [-0.25, -0.2) is 0 Å². The molecule has 0 saturated carbocycles. The fourth-order valence-corrected chi connectivity index (χ4v) is 1.68. The predicted octanol–water partition coefficient (Wildman–Crippen LogP) is 0.672. The molecule has 0 fully saturated rings. The largest absolute Gasteiger partial charge is 0.472 e. The molecule has 0 aliphatic carbocycles. The van der Waals surface area contributed by atoms with Crippen LogP contribution in [0.1, 0.15) is 12.5 Å². The first kappa shape index (κ1) is 13.6. The van der Waals surface area contributed by atoms with E-state index in [1.54, 1.807) is 25.6 Å². The van der Waals surface area contributed by atoms with Crippen LogP contribution < -0.4 is 5.32 Å². The molecule has 1 aromatic rings. The van der Waals surface area contributed by atoms with Crippen molar-refractivity contribution >= 4 is 24.4 Å². The van der Waals surface area contributed by atoms with E-state index in [-0.39, 0.29) is 17.6 Å². The number of hydrogen-bond acceptors (Lipinski definition) is 4. The van der Waals surface area contributed by atoms with Crippen molar-refractivity contribution in [2.45, 2.75) is 19.5 Å². The van der Waals surface area contributed by atoms with E-state index in [2.05, 4.69) is 17.9 Å². The van der Waals surface area contributed by atoms with Gasteiger partial charge in [0.2, 0.25) is 11.8 Å².